The van der Waals surface area contributed by atoms with Crippen LogP contribution in [0.3, 0.4) is 0 Å². The number of halogens is 1. The van der Waals surface area contributed by atoms with Crippen molar-refractivity contribution in [3.63, 3.8) is 0 Å². The second-order valence-electron chi connectivity index (χ2n) is 13.3. The van der Waals surface area contributed by atoms with Crippen LogP contribution in [0.25, 0.3) is 22.3 Å². The summed E-state index contributed by atoms with van der Waals surface area (Å²) in [7, 11) is 0. The Morgan fingerprint density at radius 2 is 1.98 bits per heavy atom. The molecule has 0 unspecified atom stereocenters. The summed E-state index contributed by atoms with van der Waals surface area (Å²) in [6.45, 7) is 5.46. The van der Waals surface area contributed by atoms with Gasteiger partial charge in [-0.3, -0.25) is 14.4 Å². The normalized spacial score (nSPS) is 22.0. The van der Waals surface area contributed by atoms with Crippen LogP contribution in [0.1, 0.15) is 98.1 Å². The number of nitrogens with one attached hydrogen (secondary N) is 1. The second kappa shape index (κ2) is 11.1. The summed E-state index contributed by atoms with van der Waals surface area (Å²) in [6, 6.07) is 3.08. The first-order chi connectivity index (χ1) is 22.0. The number of carbonyl (C=O) groups is 3. The molecule has 2 aliphatic carbocycles. The molecule has 3 aromatic rings. The Morgan fingerprint density at radius 3 is 2.67 bits per heavy atom. The molecule has 2 aliphatic heterocycles. The Kier molecular flexibility index (Phi) is 7.39. The lowest BCUT2D eigenvalue weighted by Gasteiger charge is -2.41. The number of cyclic esters (lactones) is 1. The molecule has 242 valence electrons. The lowest BCUT2D eigenvalue weighted by atomic mass is 9.63. The molecule has 4 aliphatic rings. The Hall–Kier alpha value is -3.96. The molecule has 1 amide bonds. The van der Waals surface area contributed by atoms with Gasteiger partial charge in [-0.15, -0.1) is 0 Å². The van der Waals surface area contributed by atoms with Crippen LogP contribution in [0.2, 0.25) is 0 Å². The molecule has 0 saturated heterocycles. The van der Waals surface area contributed by atoms with Gasteiger partial charge in [-0.05, 0) is 67.7 Å². The van der Waals surface area contributed by atoms with Crippen LogP contribution in [0.15, 0.2) is 16.9 Å². The molecule has 2 N–H and O–H groups in total. The molecule has 0 radical (unpaired) electrons. The Balaban J connectivity index is 1.31. The number of nitrogens with zero attached hydrogens (tertiary/aromatic N) is 2. The molecule has 0 spiro atoms. The monoisotopic (exact) mass is 631 g/mol. The summed E-state index contributed by atoms with van der Waals surface area (Å²) in [5, 5.41) is 14.8. The van der Waals surface area contributed by atoms with E-state index in [1.807, 2.05) is 0 Å². The van der Waals surface area contributed by atoms with Gasteiger partial charge in [0, 0.05) is 35.4 Å². The number of esters is 1. The lowest BCUT2D eigenvalue weighted by molar-refractivity contribution is -0.172. The van der Waals surface area contributed by atoms with Gasteiger partial charge in [-0.1, -0.05) is 20.3 Å². The summed E-state index contributed by atoms with van der Waals surface area (Å²) in [4.78, 5) is 57.1. The van der Waals surface area contributed by atoms with E-state index >= 15 is 4.39 Å². The zero-order chi connectivity index (χ0) is 32.5. The molecule has 7 rings (SSSR count). The number of Topliss-reactive ketones (excluding diaryl/α,β-unsaturated/α-hetero) is 1. The zero-order valence-electron chi connectivity index (χ0n) is 26.4. The molecule has 2 atom stereocenters. The molecule has 2 aromatic heterocycles. The highest BCUT2D eigenvalue weighted by molar-refractivity contribution is 5.95. The van der Waals surface area contributed by atoms with Crippen molar-refractivity contribution < 1.29 is 33.4 Å². The van der Waals surface area contributed by atoms with Crippen molar-refractivity contribution in [1.29, 1.82) is 0 Å². The fraction of sp³-hybridized carbons (Fsp3) is 0.514. The van der Waals surface area contributed by atoms with Gasteiger partial charge in [-0.25, -0.2) is 14.2 Å². The van der Waals surface area contributed by atoms with Crippen LogP contribution in [0.4, 0.5) is 4.39 Å². The van der Waals surface area contributed by atoms with E-state index in [4.69, 9.17) is 14.5 Å². The van der Waals surface area contributed by atoms with Crippen molar-refractivity contribution in [2.75, 3.05) is 13.3 Å². The summed E-state index contributed by atoms with van der Waals surface area (Å²) in [5.41, 5.74) is 2.09. The number of hydrogen-bond acceptors (Lipinski definition) is 8. The summed E-state index contributed by atoms with van der Waals surface area (Å²) in [6.07, 6.45) is 4.26. The van der Waals surface area contributed by atoms with Crippen molar-refractivity contribution in [3.05, 3.63) is 61.7 Å². The fourth-order valence-corrected chi connectivity index (χ4v) is 7.91. The molecular formula is C35H38FN3O7. The number of aromatic nitrogens is 2. The molecule has 4 heterocycles. The molecular weight excluding hydrogens is 593 g/mol. The highest BCUT2D eigenvalue weighted by Gasteiger charge is 2.47. The number of rotatable bonds is 9. The predicted molar refractivity (Wildman–Crippen MR) is 165 cm³/mol. The molecule has 1 aromatic carbocycles. The first-order valence-corrected chi connectivity index (χ1v) is 16.2. The Morgan fingerprint density at radius 1 is 1.20 bits per heavy atom. The maximum Gasteiger partial charge on any atom is 0.343 e. The van der Waals surface area contributed by atoms with Gasteiger partial charge in [0.1, 0.15) is 24.9 Å². The van der Waals surface area contributed by atoms with E-state index in [0.29, 0.717) is 41.7 Å². The van der Waals surface area contributed by atoms with Gasteiger partial charge in [0.15, 0.2) is 5.60 Å². The third kappa shape index (κ3) is 4.45. The number of fused-ring (bicyclic) bond motifs is 5. The van der Waals surface area contributed by atoms with Crippen LogP contribution in [0, 0.1) is 18.2 Å². The van der Waals surface area contributed by atoms with Gasteiger partial charge in [0.2, 0.25) is 5.91 Å². The van der Waals surface area contributed by atoms with Crippen molar-refractivity contribution in [2.24, 2.45) is 5.41 Å². The maximum atomic E-state index is 15.2. The molecule has 1 fully saturated rings. The second-order valence-corrected chi connectivity index (χ2v) is 13.3. The van der Waals surface area contributed by atoms with Crippen LogP contribution in [0.5, 0.6) is 0 Å². The van der Waals surface area contributed by atoms with E-state index in [-0.39, 0.29) is 79.4 Å². The number of carbonyl (C=O) groups excluding carboxylic acids is 3. The van der Waals surface area contributed by atoms with Crippen molar-refractivity contribution in [2.45, 2.75) is 96.8 Å². The van der Waals surface area contributed by atoms with Crippen molar-refractivity contribution in [3.8, 4) is 11.4 Å². The van der Waals surface area contributed by atoms with Crippen LogP contribution in [-0.4, -0.2) is 45.7 Å². The third-order valence-electron chi connectivity index (χ3n) is 10.9. The summed E-state index contributed by atoms with van der Waals surface area (Å²) >= 11 is 0. The van der Waals surface area contributed by atoms with E-state index < -0.39 is 17.0 Å². The third-order valence-corrected chi connectivity index (χ3v) is 10.9. The SMILES string of the molecule is CCC(=O)NCOCC1(C(=O)C[C@H]2CCc3c(C)c(F)cc4nc5c(c2c34)Cn2c-5cc3c(c2=O)COC(=O)[C@]3(O)CC)CCC1. The Bertz CT molecular complexity index is 1900. The highest BCUT2D eigenvalue weighted by Crippen LogP contribution is 2.50. The number of aliphatic hydroxyl groups is 1. The fourth-order valence-electron chi connectivity index (χ4n) is 7.91. The van der Waals surface area contributed by atoms with Crippen molar-refractivity contribution in [1.82, 2.24) is 14.9 Å². The minimum atomic E-state index is -1.96. The van der Waals surface area contributed by atoms with Gasteiger partial charge < -0.3 is 24.5 Å². The van der Waals surface area contributed by atoms with E-state index in [0.717, 1.165) is 41.3 Å². The molecule has 11 heteroatoms. The van der Waals surface area contributed by atoms with E-state index in [9.17, 15) is 24.3 Å². The van der Waals surface area contributed by atoms with Crippen molar-refractivity contribution >= 4 is 28.6 Å². The van der Waals surface area contributed by atoms with Gasteiger partial charge in [-0.2, -0.15) is 0 Å². The molecule has 10 nitrogen and oxygen atoms in total. The quantitative estimate of drug-likeness (QED) is 0.160. The number of ether oxygens (including phenoxy) is 2. The van der Waals surface area contributed by atoms with Crippen LogP contribution < -0.4 is 10.9 Å². The summed E-state index contributed by atoms with van der Waals surface area (Å²) < 4.78 is 27.8. The number of benzene rings is 1. The maximum absolute atomic E-state index is 15.2. The number of pyridine rings is 2. The van der Waals surface area contributed by atoms with Gasteiger partial charge in [0.25, 0.3) is 5.56 Å². The van der Waals surface area contributed by atoms with E-state index in [1.165, 1.54) is 6.07 Å². The van der Waals surface area contributed by atoms with Gasteiger partial charge >= 0.3 is 5.97 Å². The van der Waals surface area contributed by atoms with E-state index in [1.54, 1.807) is 31.4 Å². The van der Waals surface area contributed by atoms with Crippen LogP contribution >= 0.6 is 0 Å². The molecule has 1 saturated carbocycles. The largest absolute Gasteiger partial charge is 0.458 e. The summed E-state index contributed by atoms with van der Waals surface area (Å²) in [5.74, 6) is -1.34. The first kappa shape index (κ1) is 30.7. The average molecular weight is 632 g/mol. The standard InChI is InChI=1S/C35H38FN3O7/c1-4-28(41)37-17-45-16-34(9-6-10-34)27(40)11-19-7-8-20-18(3)24(36)13-25-30(20)29(19)21-14-39-26(31(21)38-25)12-23-22(32(39)42)15-46-33(43)35(23,44)5-2/h12-13,19,44H,4-11,14-17H2,1-3H3,(H,37,41)/t19-,35+/m1/s1. The predicted octanol–water partition coefficient (Wildman–Crippen LogP) is 4.19. The minimum Gasteiger partial charge on any atom is -0.458 e. The average Bonchev–Trinajstić information content (AvgIpc) is 3.39. The number of aryl methyl sites for hydroxylation is 1. The number of ketones is 1. The highest BCUT2D eigenvalue weighted by atomic mass is 19.1. The molecule has 0 bridgehead atoms. The zero-order valence-corrected chi connectivity index (χ0v) is 26.4. The first-order valence-electron chi connectivity index (χ1n) is 16.2. The van der Waals surface area contributed by atoms with E-state index in [2.05, 4.69) is 5.32 Å². The number of hydrogen-bond donors (Lipinski definition) is 2. The topological polar surface area (TPSA) is 137 Å². The van der Waals surface area contributed by atoms with Crippen LogP contribution in [-0.2, 0) is 49.0 Å². The number of amides is 1. The lowest BCUT2D eigenvalue weighted by Crippen LogP contribution is -2.44. The minimum absolute atomic E-state index is 0.0272. The Labute approximate surface area is 265 Å². The smallest absolute Gasteiger partial charge is 0.343 e. The van der Waals surface area contributed by atoms with Gasteiger partial charge in [0.05, 0.1) is 41.0 Å². The molecule has 46 heavy (non-hydrogen) atoms.